The average Bonchev–Trinajstić information content (AvgIpc) is 2.46. The zero-order valence-corrected chi connectivity index (χ0v) is 11.1. The zero-order valence-electron chi connectivity index (χ0n) is 11.1. The first-order valence-corrected chi connectivity index (χ1v) is 6.33. The number of rotatable bonds is 6. The molecule has 20 heavy (non-hydrogen) atoms. The molecule has 0 aliphatic carbocycles. The van der Waals surface area contributed by atoms with Crippen molar-refractivity contribution >= 4 is 11.5 Å². The Balaban J connectivity index is 2.34. The van der Waals surface area contributed by atoms with E-state index in [0.717, 1.165) is 12.0 Å². The highest BCUT2D eigenvalue weighted by Crippen LogP contribution is 2.26. The van der Waals surface area contributed by atoms with Gasteiger partial charge in [0.1, 0.15) is 12.0 Å². The second-order valence-electron chi connectivity index (χ2n) is 4.24. The first kappa shape index (κ1) is 13.9. The number of nitrogens with one attached hydrogen (secondary N) is 1. The van der Waals surface area contributed by atoms with E-state index in [-0.39, 0.29) is 11.5 Å². The summed E-state index contributed by atoms with van der Waals surface area (Å²) in [5.74, 6) is 0.269. The van der Waals surface area contributed by atoms with E-state index in [4.69, 9.17) is 0 Å². The van der Waals surface area contributed by atoms with Crippen molar-refractivity contribution in [2.45, 2.75) is 19.8 Å². The van der Waals surface area contributed by atoms with Crippen molar-refractivity contribution < 1.29 is 4.92 Å². The van der Waals surface area contributed by atoms with Gasteiger partial charge in [-0.3, -0.25) is 15.1 Å². The van der Waals surface area contributed by atoms with Crippen LogP contribution in [0.4, 0.5) is 11.5 Å². The third-order valence-electron chi connectivity index (χ3n) is 2.72. The first-order chi connectivity index (χ1) is 9.72. The molecule has 0 unspecified atom stereocenters. The van der Waals surface area contributed by atoms with Gasteiger partial charge < -0.3 is 5.32 Å². The van der Waals surface area contributed by atoms with Gasteiger partial charge in [-0.25, -0.2) is 9.97 Å². The lowest BCUT2D eigenvalue weighted by Crippen LogP contribution is -2.09. The predicted molar refractivity (Wildman–Crippen MR) is 74.5 cm³/mol. The van der Waals surface area contributed by atoms with Crippen molar-refractivity contribution in [2.24, 2.45) is 0 Å². The molecule has 0 fully saturated rings. The van der Waals surface area contributed by atoms with E-state index in [2.05, 4.69) is 20.3 Å². The number of nitrogens with zero attached hydrogens (tertiary/aromatic N) is 4. The highest BCUT2D eigenvalue weighted by molar-refractivity contribution is 5.58. The van der Waals surface area contributed by atoms with Crippen LogP contribution in [0, 0.1) is 10.1 Å². The maximum Gasteiger partial charge on any atom is 0.332 e. The Hall–Kier alpha value is -2.57. The Morgan fingerprint density at radius 2 is 2.25 bits per heavy atom. The molecular weight excluding hydrogens is 258 g/mol. The van der Waals surface area contributed by atoms with Gasteiger partial charge in [-0.1, -0.05) is 13.0 Å². The normalized spacial score (nSPS) is 10.2. The lowest BCUT2D eigenvalue weighted by Gasteiger charge is -2.07. The molecule has 7 nitrogen and oxygen atoms in total. The number of pyridine rings is 1. The van der Waals surface area contributed by atoms with Crippen LogP contribution in [-0.4, -0.2) is 26.4 Å². The molecule has 0 radical (unpaired) electrons. The third-order valence-corrected chi connectivity index (χ3v) is 2.72. The van der Waals surface area contributed by atoms with Gasteiger partial charge in [0.05, 0.1) is 4.92 Å². The van der Waals surface area contributed by atoms with Crippen LogP contribution in [0.5, 0.6) is 0 Å². The summed E-state index contributed by atoms with van der Waals surface area (Å²) in [5.41, 5.74) is 1.19. The standard InChI is InChI=1S/C13H15N5O2/c1-2-5-15-13-12(18(19)20)11(16-9-17-13)7-10-4-3-6-14-8-10/h3-4,6,8-9H,2,5,7H2,1H3,(H,15,16,17). The fourth-order valence-electron chi connectivity index (χ4n) is 1.81. The Morgan fingerprint density at radius 3 is 2.90 bits per heavy atom. The van der Waals surface area contributed by atoms with Crippen LogP contribution in [0.2, 0.25) is 0 Å². The van der Waals surface area contributed by atoms with Gasteiger partial charge in [-0.15, -0.1) is 0 Å². The smallest absolute Gasteiger partial charge is 0.332 e. The molecule has 0 aromatic carbocycles. The second kappa shape index (κ2) is 6.55. The van der Waals surface area contributed by atoms with Crippen LogP contribution in [-0.2, 0) is 6.42 Å². The molecule has 0 atom stereocenters. The van der Waals surface area contributed by atoms with E-state index in [0.29, 0.717) is 18.7 Å². The fraction of sp³-hybridized carbons (Fsp3) is 0.308. The van der Waals surface area contributed by atoms with E-state index >= 15 is 0 Å². The van der Waals surface area contributed by atoms with E-state index in [1.165, 1.54) is 6.33 Å². The van der Waals surface area contributed by atoms with E-state index in [1.807, 2.05) is 13.0 Å². The summed E-state index contributed by atoms with van der Waals surface area (Å²) in [6.45, 7) is 2.61. The molecule has 2 aromatic rings. The largest absolute Gasteiger partial charge is 0.364 e. The number of hydrogen-bond acceptors (Lipinski definition) is 6. The maximum atomic E-state index is 11.3. The van der Waals surface area contributed by atoms with Gasteiger partial charge in [0, 0.05) is 25.4 Å². The first-order valence-electron chi connectivity index (χ1n) is 6.33. The highest BCUT2D eigenvalue weighted by Gasteiger charge is 2.22. The van der Waals surface area contributed by atoms with Crippen LogP contribution in [0.25, 0.3) is 0 Å². The average molecular weight is 273 g/mol. The minimum atomic E-state index is -0.441. The summed E-state index contributed by atoms with van der Waals surface area (Å²) >= 11 is 0. The summed E-state index contributed by atoms with van der Waals surface area (Å²) in [7, 11) is 0. The molecule has 0 spiro atoms. The molecule has 0 aliphatic rings. The molecule has 7 heteroatoms. The van der Waals surface area contributed by atoms with Crippen molar-refractivity contribution in [2.75, 3.05) is 11.9 Å². The molecule has 2 aromatic heterocycles. The number of aromatic nitrogens is 3. The van der Waals surface area contributed by atoms with Gasteiger partial charge in [0.25, 0.3) is 0 Å². The number of hydrogen-bond donors (Lipinski definition) is 1. The molecule has 0 bridgehead atoms. The van der Waals surface area contributed by atoms with Crippen LogP contribution < -0.4 is 5.32 Å². The van der Waals surface area contributed by atoms with Gasteiger partial charge >= 0.3 is 5.69 Å². The Kier molecular flexibility index (Phi) is 4.54. The maximum absolute atomic E-state index is 11.3. The number of nitro groups is 1. The van der Waals surface area contributed by atoms with Crippen molar-refractivity contribution in [3.05, 3.63) is 52.2 Å². The van der Waals surface area contributed by atoms with E-state index < -0.39 is 4.92 Å². The zero-order chi connectivity index (χ0) is 14.4. The number of anilines is 1. The molecule has 2 rings (SSSR count). The Bertz CT molecular complexity index is 589. The fourth-order valence-corrected chi connectivity index (χ4v) is 1.81. The highest BCUT2D eigenvalue weighted by atomic mass is 16.6. The van der Waals surface area contributed by atoms with Crippen LogP contribution in [0.1, 0.15) is 24.6 Å². The van der Waals surface area contributed by atoms with Gasteiger partial charge in [-0.2, -0.15) is 0 Å². The lowest BCUT2D eigenvalue weighted by atomic mass is 10.1. The SMILES string of the molecule is CCCNc1ncnc(Cc2cccnc2)c1[N+](=O)[O-]. The predicted octanol–water partition coefficient (Wildman–Crippen LogP) is 2.19. The molecule has 0 saturated carbocycles. The topological polar surface area (TPSA) is 93.8 Å². The molecule has 0 saturated heterocycles. The third kappa shape index (κ3) is 3.25. The van der Waals surface area contributed by atoms with Crippen LogP contribution in [0.3, 0.4) is 0 Å². The van der Waals surface area contributed by atoms with Crippen LogP contribution in [0.15, 0.2) is 30.9 Å². The molecule has 1 N–H and O–H groups in total. The molecule has 0 aliphatic heterocycles. The summed E-state index contributed by atoms with van der Waals surface area (Å²) < 4.78 is 0. The Labute approximate surface area is 116 Å². The molecule has 2 heterocycles. The van der Waals surface area contributed by atoms with Gasteiger partial charge in [0.2, 0.25) is 5.82 Å². The van der Waals surface area contributed by atoms with Crippen molar-refractivity contribution in [1.82, 2.24) is 15.0 Å². The van der Waals surface area contributed by atoms with Crippen molar-refractivity contribution in [3.63, 3.8) is 0 Å². The van der Waals surface area contributed by atoms with Crippen molar-refractivity contribution in [1.29, 1.82) is 0 Å². The quantitative estimate of drug-likeness (QED) is 0.640. The molecular formula is C13H15N5O2. The minimum Gasteiger partial charge on any atom is -0.364 e. The molecule has 104 valence electrons. The van der Waals surface area contributed by atoms with Gasteiger partial charge in [-0.05, 0) is 18.1 Å². The summed E-state index contributed by atoms with van der Waals surface area (Å²) in [6, 6.07) is 3.65. The Morgan fingerprint density at radius 1 is 1.40 bits per heavy atom. The van der Waals surface area contributed by atoms with Crippen molar-refractivity contribution in [3.8, 4) is 0 Å². The van der Waals surface area contributed by atoms with Gasteiger partial charge in [0.15, 0.2) is 0 Å². The van der Waals surface area contributed by atoms with Crippen LogP contribution >= 0.6 is 0 Å². The monoisotopic (exact) mass is 273 g/mol. The lowest BCUT2D eigenvalue weighted by molar-refractivity contribution is -0.385. The summed E-state index contributed by atoms with van der Waals surface area (Å²) in [5, 5.41) is 14.2. The molecule has 0 amide bonds. The van der Waals surface area contributed by atoms with E-state index in [9.17, 15) is 10.1 Å². The minimum absolute atomic E-state index is 0.0650. The van der Waals surface area contributed by atoms with E-state index in [1.54, 1.807) is 18.5 Å². The summed E-state index contributed by atoms with van der Waals surface area (Å²) in [6.07, 6.45) is 5.89. The second-order valence-corrected chi connectivity index (χ2v) is 4.24. The summed E-state index contributed by atoms with van der Waals surface area (Å²) in [4.78, 5) is 22.8.